The van der Waals surface area contributed by atoms with Gasteiger partial charge in [0.25, 0.3) is 0 Å². The molecule has 4 heteroatoms. The number of rotatable bonds is 4. The van der Waals surface area contributed by atoms with Crippen LogP contribution in [-0.2, 0) is 9.53 Å². The van der Waals surface area contributed by atoms with Crippen LogP contribution in [0.2, 0.25) is 0 Å². The van der Waals surface area contributed by atoms with Crippen molar-refractivity contribution < 1.29 is 14.6 Å². The van der Waals surface area contributed by atoms with Gasteiger partial charge < -0.3 is 9.84 Å². The molecule has 1 saturated carbocycles. The lowest BCUT2D eigenvalue weighted by atomic mass is 9.97. The Bertz CT molecular complexity index is 263. The summed E-state index contributed by atoms with van der Waals surface area (Å²) in [7, 11) is 0. The molecule has 0 aromatic heterocycles. The molecule has 1 heterocycles. The Balaban J connectivity index is 1.85. The van der Waals surface area contributed by atoms with Crippen molar-refractivity contribution in [3.05, 3.63) is 0 Å². The third-order valence-corrected chi connectivity index (χ3v) is 4.23. The molecule has 2 unspecified atom stereocenters. The van der Waals surface area contributed by atoms with E-state index in [2.05, 4.69) is 11.8 Å². The van der Waals surface area contributed by atoms with E-state index in [1.165, 1.54) is 25.7 Å². The van der Waals surface area contributed by atoms with Gasteiger partial charge in [-0.05, 0) is 25.7 Å². The highest BCUT2D eigenvalue weighted by molar-refractivity contribution is 5.67. The zero-order valence-electron chi connectivity index (χ0n) is 10.6. The van der Waals surface area contributed by atoms with E-state index in [1.54, 1.807) is 0 Å². The highest BCUT2D eigenvalue weighted by Crippen LogP contribution is 2.30. The standard InChI is InChI=1S/C13H23NO3/c1-10(11-4-2-3-5-11)14-6-7-17-12(9-14)8-13(15)16/h10-12H,2-9H2,1H3,(H,15,16). The Labute approximate surface area is 103 Å². The van der Waals surface area contributed by atoms with E-state index < -0.39 is 5.97 Å². The van der Waals surface area contributed by atoms with Crippen molar-refractivity contribution in [3.8, 4) is 0 Å². The zero-order chi connectivity index (χ0) is 12.3. The fraction of sp³-hybridized carbons (Fsp3) is 0.923. The van der Waals surface area contributed by atoms with Gasteiger partial charge in [0.2, 0.25) is 0 Å². The number of carboxylic acid groups (broad SMARTS) is 1. The van der Waals surface area contributed by atoms with Crippen molar-refractivity contribution in [3.63, 3.8) is 0 Å². The molecule has 2 rings (SSSR count). The number of hydrogen-bond donors (Lipinski definition) is 1. The third-order valence-electron chi connectivity index (χ3n) is 4.23. The van der Waals surface area contributed by atoms with Gasteiger partial charge in [-0.15, -0.1) is 0 Å². The Morgan fingerprint density at radius 3 is 2.82 bits per heavy atom. The summed E-state index contributed by atoms with van der Waals surface area (Å²) in [5, 5.41) is 8.80. The van der Waals surface area contributed by atoms with Crippen molar-refractivity contribution in [2.45, 2.75) is 51.2 Å². The second kappa shape index (κ2) is 5.83. The minimum Gasteiger partial charge on any atom is -0.481 e. The van der Waals surface area contributed by atoms with Gasteiger partial charge in [0.05, 0.1) is 19.1 Å². The normalized spacial score (nSPS) is 29.4. The molecule has 0 amide bonds. The molecule has 0 aromatic carbocycles. The molecule has 0 radical (unpaired) electrons. The first kappa shape index (κ1) is 12.8. The Hall–Kier alpha value is -0.610. The molecular formula is C13H23NO3. The maximum absolute atomic E-state index is 10.7. The van der Waals surface area contributed by atoms with E-state index in [9.17, 15) is 4.79 Å². The molecule has 98 valence electrons. The maximum Gasteiger partial charge on any atom is 0.306 e. The van der Waals surface area contributed by atoms with E-state index in [-0.39, 0.29) is 12.5 Å². The van der Waals surface area contributed by atoms with Gasteiger partial charge in [0.1, 0.15) is 0 Å². The van der Waals surface area contributed by atoms with Crippen molar-refractivity contribution in [2.75, 3.05) is 19.7 Å². The summed E-state index contributed by atoms with van der Waals surface area (Å²) < 4.78 is 5.51. The van der Waals surface area contributed by atoms with Gasteiger partial charge in [-0.1, -0.05) is 12.8 Å². The summed E-state index contributed by atoms with van der Waals surface area (Å²) in [6.07, 6.45) is 5.40. The van der Waals surface area contributed by atoms with E-state index in [1.807, 2.05) is 0 Å². The van der Waals surface area contributed by atoms with Crippen LogP contribution in [0, 0.1) is 5.92 Å². The monoisotopic (exact) mass is 241 g/mol. The highest BCUT2D eigenvalue weighted by Gasteiger charge is 2.30. The first-order valence-electron chi connectivity index (χ1n) is 6.74. The van der Waals surface area contributed by atoms with E-state index >= 15 is 0 Å². The molecule has 0 bridgehead atoms. The lowest BCUT2D eigenvalue weighted by Crippen LogP contribution is -2.49. The molecule has 1 N–H and O–H groups in total. The number of morpholine rings is 1. The van der Waals surface area contributed by atoms with Crippen LogP contribution in [0.4, 0.5) is 0 Å². The van der Waals surface area contributed by atoms with Crippen LogP contribution in [0.15, 0.2) is 0 Å². The lowest BCUT2D eigenvalue weighted by Gasteiger charge is -2.38. The van der Waals surface area contributed by atoms with Crippen molar-refractivity contribution in [1.82, 2.24) is 4.90 Å². The summed E-state index contributed by atoms with van der Waals surface area (Å²) in [4.78, 5) is 13.1. The van der Waals surface area contributed by atoms with Crippen LogP contribution in [0.1, 0.15) is 39.0 Å². The predicted octanol–water partition coefficient (Wildman–Crippen LogP) is 1.74. The lowest BCUT2D eigenvalue weighted by molar-refractivity contribution is -0.142. The number of hydrogen-bond acceptors (Lipinski definition) is 3. The molecule has 2 atom stereocenters. The first-order chi connectivity index (χ1) is 8.16. The van der Waals surface area contributed by atoms with Crippen molar-refractivity contribution in [1.29, 1.82) is 0 Å². The van der Waals surface area contributed by atoms with Crippen LogP contribution < -0.4 is 0 Å². The number of nitrogens with zero attached hydrogens (tertiary/aromatic N) is 1. The summed E-state index contributed by atoms with van der Waals surface area (Å²) in [6, 6.07) is 0.581. The average Bonchev–Trinajstić information content (AvgIpc) is 2.81. The summed E-state index contributed by atoms with van der Waals surface area (Å²) in [5.74, 6) is 0.0453. The van der Waals surface area contributed by atoms with Crippen LogP contribution in [0.3, 0.4) is 0 Å². The number of ether oxygens (including phenoxy) is 1. The van der Waals surface area contributed by atoms with Crippen molar-refractivity contribution in [2.24, 2.45) is 5.92 Å². The molecule has 2 fully saturated rings. The topological polar surface area (TPSA) is 49.8 Å². The highest BCUT2D eigenvalue weighted by atomic mass is 16.5. The molecule has 17 heavy (non-hydrogen) atoms. The Morgan fingerprint density at radius 2 is 2.18 bits per heavy atom. The summed E-state index contributed by atoms with van der Waals surface area (Å²) in [6.45, 7) is 4.70. The fourth-order valence-corrected chi connectivity index (χ4v) is 3.17. The molecule has 0 aromatic rings. The van der Waals surface area contributed by atoms with Gasteiger partial charge in [-0.25, -0.2) is 0 Å². The van der Waals surface area contributed by atoms with Gasteiger partial charge >= 0.3 is 5.97 Å². The van der Waals surface area contributed by atoms with Gasteiger partial charge in [-0.2, -0.15) is 0 Å². The molecule has 1 aliphatic heterocycles. The summed E-state index contributed by atoms with van der Waals surface area (Å²) >= 11 is 0. The average molecular weight is 241 g/mol. The Kier molecular flexibility index (Phi) is 4.40. The first-order valence-corrected chi connectivity index (χ1v) is 6.74. The van der Waals surface area contributed by atoms with Crippen LogP contribution in [-0.4, -0.2) is 47.8 Å². The molecule has 2 aliphatic rings. The molecular weight excluding hydrogens is 218 g/mol. The zero-order valence-corrected chi connectivity index (χ0v) is 10.6. The van der Waals surface area contributed by atoms with Crippen molar-refractivity contribution >= 4 is 5.97 Å². The molecule has 4 nitrogen and oxygen atoms in total. The predicted molar refractivity (Wildman–Crippen MR) is 65.0 cm³/mol. The largest absolute Gasteiger partial charge is 0.481 e. The molecule has 1 aliphatic carbocycles. The number of aliphatic carboxylic acids is 1. The van der Waals surface area contributed by atoms with Crippen LogP contribution in [0.25, 0.3) is 0 Å². The molecule has 0 spiro atoms. The van der Waals surface area contributed by atoms with Gasteiger partial charge in [-0.3, -0.25) is 9.69 Å². The van der Waals surface area contributed by atoms with Gasteiger partial charge in [0, 0.05) is 19.1 Å². The quantitative estimate of drug-likeness (QED) is 0.814. The van der Waals surface area contributed by atoms with Crippen LogP contribution >= 0.6 is 0 Å². The third kappa shape index (κ3) is 3.42. The summed E-state index contributed by atoms with van der Waals surface area (Å²) in [5.41, 5.74) is 0. The number of carbonyl (C=O) groups is 1. The SMILES string of the molecule is CC(C1CCCC1)N1CCOC(CC(=O)O)C1. The van der Waals surface area contributed by atoms with Gasteiger partial charge in [0.15, 0.2) is 0 Å². The number of carboxylic acids is 1. The maximum atomic E-state index is 10.7. The smallest absolute Gasteiger partial charge is 0.306 e. The second-order valence-electron chi connectivity index (χ2n) is 5.37. The fourth-order valence-electron chi connectivity index (χ4n) is 3.17. The van der Waals surface area contributed by atoms with E-state index in [4.69, 9.17) is 9.84 Å². The Morgan fingerprint density at radius 1 is 1.47 bits per heavy atom. The second-order valence-corrected chi connectivity index (χ2v) is 5.37. The van der Waals surface area contributed by atoms with E-state index in [0.717, 1.165) is 19.0 Å². The minimum absolute atomic E-state index is 0.120. The molecule has 1 saturated heterocycles. The minimum atomic E-state index is -0.759. The van der Waals surface area contributed by atoms with E-state index in [0.29, 0.717) is 12.6 Å². The van der Waals surface area contributed by atoms with Crippen LogP contribution in [0.5, 0.6) is 0 Å².